The third-order valence-electron chi connectivity index (χ3n) is 5.47. The van der Waals surface area contributed by atoms with Crippen LogP contribution in [0.4, 0.5) is 0 Å². The highest BCUT2D eigenvalue weighted by atomic mass is 32.1. The number of ether oxygens (including phenoxy) is 1. The molecular weight excluding hydrogens is 410 g/mol. The Hall–Kier alpha value is -2.77. The minimum Gasteiger partial charge on any atom is -0.457 e. The molecule has 4 N–H and O–H groups in total. The summed E-state index contributed by atoms with van der Waals surface area (Å²) < 4.78 is 7.73. The number of hydrogen-bond donors (Lipinski definition) is 3. The van der Waals surface area contributed by atoms with Gasteiger partial charge >= 0.3 is 0 Å². The highest BCUT2D eigenvalue weighted by molar-refractivity contribution is 7.24. The summed E-state index contributed by atoms with van der Waals surface area (Å²) in [5.74, 6) is 1.44. The van der Waals surface area contributed by atoms with Crippen LogP contribution < -0.4 is 15.9 Å². The second-order valence-electron chi connectivity index (χ2n) is 8.02. The summed E-state index contributed by atoms with van der Waals surface area (Å²) in [5.41, 5.74) is 7.10. The molecular formula is C25H25NO4S. The van der Waals surface area contributed by atoms with Crippen molar-refractivity contribution in [3.05, 3.63) is 82.0 Å². The highest BCUT2D eigenvalue weighted by Gasteiger charge is 2.22. The number of aryl methyl sites for hydroxylation is 2. The number of aliphatic hydroxyl groups is 2. The fourth-order valence-corrected chi connectivity index (χ4v) is 4.68. The van der Waals surface area contributed by atoms with Gasteiger partial charge < -0.3 is 20.7 Å². The Kier molecular flexibility index (Phi) is 6.07. The Morgan fingerprint density at radius 2 is 1.61 bits per heavy atom. The maximum atomic E-state index is 13.0. The smallest absolute Gasteiger partial charge is 0.195 e. The summed E-state index contributed by atoms with van der Waals surface area (Å²) in [5, 5.41) is 20.1. The van der Waals surface area contributed by atoms with Crippen molar-refractivity contribution in [3.8, 4) is 11.5 Å². The zero-order chi connectivity index (χ0) is 22.0. The van der Waals surface area contributed by atoms with E-state index in [1.54, 1.807) is 11.3 Å². The van der Waals surface area contributed by atoms with Gasteiger partial charge in [0.05, 0.1) is 18.8 Å². The lowest BCUT2D eigenvalue weighted by atomic mass is 9.94. The summed E-state index contributed by atoms with van der Waals surface area (Å²) in [6, 6.07) is 19.1. The molecule has 0 fully saturated rings. The number of aliphatic hydroxyl groups excluding tert-OH is 2. The molecule has 1 aromatic heterocycles. The molecule has 31 heavy (non-hydrogen) atoms. The first-order valence-electron chi connectivity index (χ1n) is 10.2. The average molecular weight is 436 g/mol. The van der Waals surface area contributed by atoms with Crippen molar-refractivity contribution in [2.24, 2.45) is 5.73 Å². The van der Waals surface area contributed by atoms with E-state index < -0.39 is 5.54 Å². The maximum absolute atomic E-state index is 13.0. The summed E-state index contributed by atoms with van der Waals surface area (Å²) in [7, 11) is 0. The summed E-state index contributed by atoms with van der Waals surface area (Å²) in [6.07, 6.45) is 1.05. The van der Waals surface area contributed by atoms with Crippen molar-refractivity contribution in [1.82, 2.24) is 0 Å². The van der Waals surface area contributed by atoms with Crippen molar-refractivity contribution in [3.63, 3.8) is 0 Å². The molecule has 0 atom stereocenters. The Bertz CT molecular complexity index is 1290. The van der Waals surface area contributed by atoms with Crippen molar-refractivity contribution in [2.75, 3.05) is 13.2 Å². The van der Waals surface area contributed by atoms with E-state index in [4.69, 9.17) is 10.5 Å². The molecule has 0 spiro atoms. The first kappa shape index (κ1) is 21.5. The molecule has 0 bridgehead atoms. The molecule has 6 heteroatoms. The number of fused-ring (bicyclic) bond motifs is 2. The molecule has 4 aromatic rings. The second-order valence-corrected chi connectivity index (χ2v) is 9.10. The SMILES string of the molecule is Cc1cccc(Oc2ccc3c(=O)c4ccc(CCC(N)(CO)CO)cc4sc3c2)c1. The van der Waals surface area contributed by atoms with Crippen LogP contribution in [0.1, 0.15) is 17.5 Å². The third kappa shape index (κ3) is 4.62. The zero-order valence-corrected chi connectivity index (χ0v) is 18.1. The van der Waals surface area contributed by atoms with Crippen LogP contribution in [0.15, 0.2) is 65.5 Å². The third-order valence-corrected chi connectivity index (χ3v) is 6.59. The van der Waals surface area contributed by atoms with Crippen molar-refractivity contribution in [2.45, 2.75) is 25.3 Å². The van der Waals surface area contributed by atoms with Crippen LogP contribution in [0.3, 0.4) is 0 Å². The largest absolute Gasteiger partial charge is 0.457 e. The molecule has 1 heterocycles. The van der Waals surface area contributed by atoms with Gasteiger partial charge in [-0.1, -0.05) is 18.2 Å². The fraction of sp³-hybridized carbons (Fsp3) is 0.240. The van der Waals surface area contributed by atoms with Gasteiger partial charge in [-0.05, 0) is 73.4 Å². The van der Waals surface area contributed by atoms with Gasteiger partial charge in [-0.2, -0.15) is 0 Å². The number of nitrogens with two attached hydrogens (primary N) is 1. The lowest BCUT2D eigenvalue weighted by Crippen LogP contribution is -2.47. The van der Waals surface area contributed by atoms with Gasteiger partial charge in [-0.3, -0.25) is 4.79 Å². The summed E-state index contributed by atoms with van der Waals surface area (Å²) in [4.78, 5) is 13.0. The van der Waals surface area contributed by atoms with Gasteiger partial charge in [0.25, 0.3) is 0 Å². The van der Waals surface area contributed by atoms with E-state index >= 15 is 0 Å². The van der Waals surface area contributed by atoms with Gasteiger partial charge in [0, 0.05) is 20.2 Å². The molecule has 0 aliphatic rings. The predicted molar refractivity (Wildman–Crippen MR) is 126 cm³/mol. The van der Waals surface area contributed by atoms with Crippen LogP contribution in [0, 0.1) is 6.92 Å². The predicted octanol–water partition coefficient (Wildman–Crippen LogP) is 4.13. The zero-order valence-electron chi connectivity index (χ0n) is 17.3. The van der Waals surface area contributed by atoms with E-state index in [0.717, 1.165) is 26.3 Å². The summed E-state index contributed by atoms with van der Waals surface area (Å²) >= 11 is 1.54. The van der Waals surface area contributed by atoms with E-state index in [1.807, 2.05) is 67.6 Å². The van der Waals surface area contributed by atoms with E-state index in [-0.39, 0.29) is 18.6 Å². The molecule has 5 nitrogen and oxygen atoms in total. The molecule has 0 saturated heterocycles. The Morgan fingerprint density at radius 3 is 2.32 bits per heavy atom. The van der Waals surface area contributed by atoms with Crippen LogP contribution in [0.5, 0.6) is 11.5 Å². The quantitative estimate of drug-likeness (QED) is 0.380. The van der Waals surface area contributed by atoms with Gasteiger partial charge in [0.1, 0.15) is 11.5 Å². The minimum atomic E-state index is -1.01. The lowest BCUT2D eigenvalue weighted by Gasteiger charge is -2.24. The molecule has 160 valence electrons. The molecule has 3 aromatic carbocycles. The fourth-order valence-electron chi connectivity index (χ4n) is 3.51. The molecule has 0 aliphatic carbocycles. The first-order chi connectivity index (χ1) is 14.9. The van der Waals surface area contributed by atoms with Gasteiger partial charge in [0.2, 0.25) is 0 Å². The molecule has 0 aliphatic heterocycles. The Balaban J connectivity index is 1.68. The topological polar surface area (TPSA) is 92.8 Å². The van der Waals surface area contributed by atoms with Crippen LogP contribution in [-0.4, -0.2) is 29.0 Å². The van der Waals surface area contributed by atoms with Gasteiger partial charge in [0.15, 0.2) is 5.43 Å². The van der Waals surface area contributed by atoms with Gasteiger partial charge in [-0.25, -0.2) is 0 Å². The molecule has 4 rings (SSSR count). The monoisotopic (exact) mass is 435 g/mol. The Morgan fingerprint density at radius 1 is 0.935 bits per heavy atom. The molecule has 0 saturated carbocycles. The van der Waals surface area contributed by atoms with E-state index in [1.165, 1.54) is 0 Å². The average Bonchev–Trinajstić information content (AvgIpc) is 2.77. The number of hydrogen-bond acceptors (Lipinski definition) is 6. The minimum absolute atomic E-state index is 0.00343. The van der Waals surface area contributed by atoms with E-state index in [9.17, 15) is 15.0 Å². The van der Waals surface area contributed by atoms with Crippen LogP contribution >= 0.6 is 11.3 Å². The number of benzene rings is 3. The molecule has 0 amide bonds. The first-order valence-corrected chi connectivity index (χ1v) is 11.0. The van der Waals surface area contributed by atoms with Crippen molar-refractivity contribution < 1.29 is 14.9 Å². The van der Waals surface area contributed by atoms with E-state index in [2.05, 4.69) is 0 Å². The molecule has 0 unspecified atom stereocenters. The standard InChI is InChI=1S/C25H25NO4S/c1-16-3-2-4-18(11-16)30-19-6-8-21-23(13-19)31-22-12-17(5-7-20(22)24(21)29)9-10-25(26,14-27)15-28/h2-8,11-13,27-28H,9-10,14-15,26H2,1H3. The van der Waals surface area contributed by atoms with Crippen molar-refractivity contribution in [1.29, 1.82) is 0 Å². The van der Waals surface area contributed by atoms with Crippen LogP contribution in [0.25, 0.3) is 20.2 Å². The van der Waals surface area contributed by atoms with Crippen LogP contribution in [0.2, 0.25) is 0 Å². The maximum Gasteiger partial charge on any atom is 0.195 e. The molecule has 0 radical (unpaired) electrons. The summed E-state index contributed by atoms with van der Waals surface area (Å²) in [6.45, 7) is 1.45. The second kappa shape index (κ2) is 8.77. The van der Waals surface area contributed by atoms with Gasteiger partial charge in [-0.15, -0.1) is 11.3 Å². The van der Waals surface area contributed by atoms with Crippen molar-refractivity contribution >= 4 is 31.5 Å². The number of rotatable bonds is 7. The highest BCUT2D eigenvalue weighted by Crippen LogP contribution is 2.31. The van der Waals surface area contributed by atoms with E-state index in [0.29, 0.717) is 29.4 Å². The van der Waals surface area contributed by atoms with Crippen LogP contribution in [-0.2, 0) is 6.42 Å². The normalized spacial score (nSPS) is 11.9. The Labute approximate surface area is 184 Å². The lowest BCUT2D eigenvalue weighted by molar-refractivity contribution is 0.115.